The van der Waals surface area contributed by atoms with E-state index in [-0.39, 0.29) is 5.69 Å². The molecule has 0 aliphatic heterocycles. The molecule has 3 aromatic rings. The molecule has 1 saturated carbocycles. The quantitative estimate of drug-likeness (QED) is 0.774. The third-order valence-electron chi connectivity index (χ3n) is 3.95. The average molecular weight is 341 g/mol. The first-order valence-electron chi connectivity index (χ1n) is 7.80. The van der Waals surface area contributed by atoms with Crippen LogP contribution in [-0.4, -0.2) is 16.0 Å². The van der Waals surface area contributed by atoms with Crippen LogP contribution < -0.4 is 5.32 Å². The Morgan fingerprint density at radius 3 is 2.56 bits per heavy atom. The molecule has 1 amide bonds. The van der Waals surface area contributed by atoms with Gasteiger partial charge in [0.05, 0.1) is 5.69 Å². The molecule has 7 heteroatoms. The topological polar surface area (TPSA) is 68.0 Å². The number of halogens is 2. The molecule has 0 atom stereocenters. The Morgan fingerprint density at radius 1 is 1.12 bits per heavy atom. The molecule has 1 heterocycles. The van der Waals surface area contributed by atoms with Crippen LogP contribution in [0, 0.1) is 11.6 Å². The number of nitrogens with one attached hydrogen (secondary N) is 1. The number of hydrogen-bond acceptors (Lipinski definition) is 4. The number of rotatable bonds is 4. The summed E-state index contributed by atoms with van der Waals surface area (Å²) in [6.45, 7) is 0. The molecule has 1 aromatic heterocycles. The van der Waals surface area contributed by atoms with Gasteiger partial charge in [-0.2, -0.15) is 4.98 Å². The Hall–Kier alpha value is -3.09. The lowest BCUT2D eigenvalue weighted by molar-refractivity contribution is 0.102. The van der Waals surface area contributed by atoms with E-state index in [1.807, 2.05) is 0 Å². The van der Waals surface area contributed by atoms with Crippen LogP contribution in [0.3, 0.4) is 0 Å². The van der Waals surface area contributed by atoms with Gasteiger partial charge in [0.1, 0.15) is 11.6 Å². The second-order valence-corrected chi connectivity index (χ2v) is 5.89. The van der Waals surface area contributed by atoms with Crippen molar-refractivity contribution in [3.05, 3.63) is 65.6 Å². The Labute approximate surface area is 141 Å². The molecule has 1 aliphatic rings. The summed E-state index contributed by atoms with van der Waals surface area (Å²) < 4.78 is 31.7. The van der Waals surface area contributed by atoms with Gasteiger partial charge >= 0.3 is 0 Å². The lowest BCUT2D eigenvalue weighted by atomic mass is 10.1. The summed E-state index contributed by atoms with van der Waals surface area (Å²) in [6, 6.07) is 9.52. The summed E-state index contributed by atoms with van der Waals surface area (Å²) in [5.41, 5.74) is 0.973. The maximum Gasteiger partial charge on any atom is 0.255 e. The Morgan fingerprint density at radius 2 is 1.88 bits per heavy atom. The number of anilines is 1. The number of hydrogen-bond donors (Lipinski definition) is 1. The second kappa shape index (κ2) is 6.08. The van der Waals surface area contributed by atoms with Crippen LogP contribution in [0.15, 0.2) is 47.0 Å². The lowest BCUT2D eigenvalue weighted by Crippen LogP contribution is -2.13. The van der Waals surface area contributed by atoms with Crippen molar-refractivity contribution < 1.29 is 18.1 Å². The summed E-state index contributed by atoms with van der Waals surface area (Å²) in [7, 11) is 0. The SMILES string of the molecule is O=C(Nc1ccc(F)cc1F)c1ccc(-c2noc(C3CC3)n2)cc1. The summed E-state index contributed by atoms with van der Waals surface area (Å²) >= 11 is 0. The highest BCUT2D eigenvalue weighted by Gasteiger charge is 2.29. The second-order valence-electron chi connectivity index (χ2n) is 5.89. The molecule has 0 unspecified atom stereocenters. The summed E-state index contributed by atoms with van der Waals surface area (Å²) in [6.07, 6.45) is 2.14. The van der Waals surface area contributed by atoms with E-state index in [0.29, 0.717) is 29.3 Å². The fourth-order valence-corrected chi connectivity index (χ4v) is 2.40. The largest absolute Gasteiger partial charge is 0.339 e. The van der Waals surface area contributed by atoms with Crippen LogP contribution in [0.1, 0.15) is 35.0 Å². The van der Waals surface area contributed by atoms with E-state index >= 15 is 0 Å². The van der Waals surface area contributed by atoms with Gasteiger partial charge in [-0.1, -0.05) is 17.3 Å². The molecule has 0 radical (unpaired) electrons. The highest BCUT2D eigenvalue weighted by molar-refractivity contribution is 6.04. The van der Waals surface area contributed by atoms with Gasteiger partial charge in [-0.3, -0.25) is 4.79 Å². The van der Waals surface area contributed by atoms with Crippen molar-refractivity contribution in [3.8, 4) is 11.4 Å². The van der Waals surface area contributed by atoms with Gasteiger partial charge in [-0.05, 0) is 37.1 Å². The van der Waals surface area contributed by atoms with Gasteiger partial charge < -0.3 is 9.84 Å². The van der Waals surface area contributed by atoms with Crippen LogP contribution in [0.25, 0.3) is 11.4 Å². The van der Waals surface area contributed by atoms with Gasteiger partial charge in [0.25, 0.3) is 5.91 Å². The minimum absolute atomic E-state index is 0.0808. The van der Waals surface area contributed by atoms with E-state index in [2.05, 4.69) is 15.5 Å². The van der Waals surface area contributed by atoms with Crippen molar-refractivity contribution in [1.82, 2.24) is 10.1 Å². The number of amides is 1. The zero-order valence-electron chi connectivity index (χ0n) is 13.0. The molecule has 1 N–H and O–H groups in total. The Kier molecular flexibility index (Phi) is 3.76. The van der Waals surface area contributed by atoms with E-state index < -0.39 is 17.5 Å². The standard InChI is InChI=1S/C18H13F2N3O2/c19-13-7-8-15(14(20)9-13)21-17(24)11-3-1-10(2-4-11)16-22-18(25-23-16)12-5-6-12/h1-4,7-9,12H,5-6H2,(H,21,24). The minimum atomic E-state index is -0.829. The third kappa shape index (κ3) is 3.26. The van der Waals surface area contributed by atoms with Gasteiger partial charge in [0, 0.05) is 23.1 Å². The normalized spacial score (nSPS) is 13.7. The predicted molar refractivity (Wildman–Crippen MR) is 86.0 cm³/mol. The van der Waals surface area contributed by atoms with Crippen molar-refractivity contribution >= 4 is 11.6 Å². The van der Waals surface area contributed by atoms with E-state index in [9.17, 15) is 13.6 Å². The van der Waals surface area contributed by atoms with Crippen molar-refractivity contribution in [1.29, 1.82) is 0 Å². The van der Waals surface area contributed by atoms with Crippen molar-refractivity contribution in [2.24, 2.45) is 0 Å². The average Bonchev–Trinajstić information content (AvgIpc) is 3.34. The molecular weight excluding hydrogens is 328 g/mol. The predicted octanol–water partition coefficient (Wildman–Crippen LogP) is 4.14. The van der Waals surface area contributed by atoms with Crippen LogP contribution >= 0.6 is 0 Å². The Bertz CT molecular complexity index is 934. The molecule has 25 heavy (non-hydrogen) atoms. The highest BCUT2D eigenvalue weighted by Crippen LogP contribution is 2.39. The third-order valence-corrected chi connectivity index (χ3v) is 3.95. The lowest BCUT2D eigenvalue weighted by Gasteiger charge is -2.06. The fourth-order valence-electron chi connectivity index (χ4n) is 2.40. The smallest absolute Gasteiger partial charge is 0.255 e. The highest BCUT2D eigenvalue weighted by atomic mass is 19.1. The van der Waals surface area contributed by atoms with Gasteiger partial charge in [0.15, 0.2) is 0 Å². The zero-order valence-corrected chi connectivity index (χ0v) is 13.0. The first-order valence-corrected chi connectivity index (χ1v) is 7.80. The number of carbonyl (C=O) groups excluding carboxylic acids is 1. The van der Waals surface area contributed by atoms with Gasteiger partial charge in [0.2, 0.25) is 11.7 Å². The van der Waals surface area contributed by atoms with Crippen molar-refractivity contribution in [2.75, 3.05) is 5.32 Å². The maximum absolute atomic E-state index is 13.6. The number of nitrogens with zero attached hydrogens (tertiary/aromatic N) is 2. The van der Waals surface area contributed by atoms with Crippen LogP contribution in [-0.2, 0) is 0 Å². The van der Waals surface area contributed by atoms with Crippen molar-refractivity contribution in [2.45, 2.75) is 18.8 Å². The molecule has 2 aromatic carbocycles. The van der Waals surface area contributed by atoms with Crippen molar-refractivity contribution in [3.63, 3.8) is 0 Å². The zero-order chi connectivity index (χ0) is 17.4. The first kappa shape index (κ1) is 15.4. The molecule has 126 valence electrons. The van der Waals surface area contributed by atoms with E-state index in [4.69, 9.17) is 4.52 Å². The molecule has 0 saturated heterocycles. The minimum Gasteiger partial charge on any atom is -0.339 e. The van der Waals surface area contributed by atoms with Gasteiger partial charge in [-0.25, -0.2) is 8.78 Å². The van der Waals surface area contributed by atoms with Crippen LogP contribution in [0.5, 0.6) is 0 Å². The Balaban J connectivity index is 1.49. The van der Waals surface area contributed by atoms with E-state index in [0.717, 1.165) is 24.5 Å². The molecule has 4 rings (SSSR count). The molecule has 0 bridgehead atoms. The summed E-state index contributed by atoms with van der Waals surface area (Å²) in [5, 5.41) is 6.35. The molecular formula is C18H13F2N3O2. The number of benzene rings is 2. The summed E-state index contributed by atoms with van der Waals surface area (Å²) in [4.78, 5) is 16.5. The first-order chi connectivity index (χ1) is 12.1. The van der Waals surface area contributed by atoms with E-state index in [1.54, 1.807) is 24.3 Å². The monoisotopic (exact) mass is 341 g/mol. The molecule has 1 fully saturated rings. The molecule has 1 aliphatic carbocycles. The molecule has 0 spiro atoms. The number of aromatic nitrogens is 2. The maximum atomic E-state index is 13.6. The van der Waals surface area contributed by atoms with Crippen LogP contribution in [0.2, 0.25) is 0 Å². The summed E-state index contributed by atoms with van der Waals surface area (Å²) in [5.74, 6) is -0.544. The number of carbonyl (C=O) groups is 1. The fraction of sp³-hybridized carbons (Fsp3) is 0.167. The van der Waals surface area contributed by atoms with Gasteiger partial charge in [-0.15, -0.1) is 0 Å². The van der Waals surface area contributed by atoms with E-state index in [1.165, 1.54) is 6.07 Å². The molecule has 5 nitrogen and oxygen atoms in total. The van der Waals surface area contributed by atoms with Crippen LogP contribution in [0.4, 0.5) is 14.5 Å².